The van der Waals surface area contributed by atoms with Crippen LogP contribution in [0.2, 0.25) is 0 Å². The Morgan fingerprint density at radius 2 is 1.86 bits per heavy atom. The van der Waals surface area contributed by atoms with Crippen LogP contribution in [-0.2, 0) is 14.8 Å². The molecule has 1 heterocycles. The van der Waals surface area contributed by atoms with Crippen LogP contribution in [0.25, 0.3) is 5.70 Å². The van der Waals surface area contributed by atoms with E-state index in [9.17, 15) is 13.2 Å². The predicted molar refractivity (Wildman–Crippen MR) is 114 cm³/mol. The monoisotopic (exact) mass is 416 g/mol. The Balaban J connectivity index is 1.71. The fraction of sp³-hybridized carbons (Fsp3) is 0.158. The molecule has 0 aliphatic carbocycles. The fourth-order valence-corrected chi connectivity index (χ4v) is 4.00. The maximum atomic E-state index is 12.5. The van der Waals surface area contributed by atoms with E-state index in [1.165, 1.54) is 36.0 Å². The molecular weight excluding hydrogens is 396 g/mol. The van der Waals surface area contributed by atoms with E-state index in [4.69, 9.17) is 5.14 Å². The smallest absolute Gasteiger partial charge is 0.238 e. The van der Waals surface area contributed by atoms with Gasteiger partial charge in [-0.3, -0.25) is 4.79 Å². The fourth-order valence-electron chi connectivity index (χ4n) is 2.58. The van der Waals surface area contributed by atoms with Gasteiger partial charge >= 0.3 is 0 Å². The van der Waals surface area contributed by atoms with Gasteiger partial charge in [-0.15, -0.1) is 0 Å². The number of para-hydroxylation sites is 1. The van der Waals surface area contributed by atoms with Gasteiger partial charge in [0.15, 0.2) is 5.17 Å². The van der Waals surface area contributed by atoms with E-state index in [0.717, 1.165) is 16.9 Å². The lowest BCUT2D eigenvalue weighted by Crippen LogP contribution is -2.30. The van der Waals surface area contributed by atoms with Crippen LogP contribution in [-0.4, -0.2) is 36.7 Å². The first-order valence-corrected chi connectivity index (χ1v) is 10.8. The summed E-state index contributed by atoms with van der Waals surface area (Å²) >= 11 is 1.32. The molecule has 0 unspecified atom stereocenters. The van der Waals surface area contributed by atoms with Gasteiger partial charge in [0.2, 0.25) is 15.9 Å². The lowest BCUT2D eigenvalue weighted by atomic mass is 10.1. The molecule has 0 radical (unpaired) electrons. The lowest BCUT2D eigenvalue weighted by Gasteiger charge is -2.29. The Morgan fingerprint density at radius 3 is 2.50 bits per heavy atom. The van der Waals surface area contributed by atoms with E-state index in [2.05, 4.69) is 16.9 Å². The Morgan fingerprint density at radius 1 is 1.21 bits per heavy atom. The first-order chi connectivity index (χ1) is 13.2. The van der Waals surface area contributed by atoms with Crippen molar-refractivity contribution in [1.82, 2.24) is 4.90 Å². The van der Waals surface area contributed by atoms with Crippen LogP contribution in [0.15, 0.2) is 65.0 Å². The molecule has 146 valence electrons. The molecule has 9 heteroatoms. The third-order valence-electron chi connectivity index (χ3n) is 4.22. The van der Waals surface area contributed by atoms with Crippen molar-refractivity contribution in [2.45, 2.75) is 17.1 Å². The van der Waals surface area contributed by atoms with E-state index in [1.807, 2.05) is 36.2 Å². The highest BCUT2D eigenvalue weighted by Gasteiger charge is 2.25. The minimum Gasteiger partial charge on any atom is -0.325 e. The van der Waals surface area contributed by atoms with Gasteiger partial charge < -0.3 is 10.2 Å². The molecular formula is C19H20N4O3S2. The van der Waals surface area contributed by atoms with Gasteiger partial charge in [0, 0.05) is 24.0 Å². The lowest BCUT2D eigenvalue weighted by molar-refractivity contribution is -0.115. The summed E-state index contributed by atoms with van der Waals surface area (Å²) < 4.78 is 22.6. The molecule has 1 amide bonds. The highest BCUT2D eigenvalue weighted by Crippen LogP contribution is 2.35. The van der Waals surface area contributed by atoms with Gasteiger partial charge in [-0.25, -0.2) is 18.5 Å². The summed E-state index contributed by atoms with van der Waals surface area (Å²) in [5, 5.41) is 8.08. The zero-order valence-electron chi connectivity index (χ0n) is 15.4. The van der Waals surface area contributed by atoms with Crippen molar-refractivity contribution < 1.29 is 13.2 Å². The van der Waals surface area contributed by atoms with Crippen molar-refractivity contribution in [3.63, 3.8) is 0 Å². The number of nitrogens with two attached hydrogens (primary N) is 1. The van der Waals surface area contributed by atoms with Gasteiger partial charge in [0.05, 0.1) is 15.8 Å². The molecule has 0 aromatic heterocycles. The number of benzene rings is 2. The number of carbonyl (C=O) groups is 1. The quantitative estimate of drug-likeness (QED) is 0.797. The number of fused-ring (bicyclic) bond motifs is 1. The van der Waals surface area contributed by atoms with Crippen molar-refractivity contribution in [2.75, 3.05) is 12.4 Å². The summed E-state index contributed by atoms with van der Waals surface area (Å²) in [4.78, 5) is 19.0. The summed E-state index contributed by atoms with van der Waals surface area (Å²) in [6.07, 6.45) is 0. The highest BCUT2D eigenvalue weighted by atomic mass is 32.2. The molecule has 3 rings (SSSR count). The number of rotatable bonds is 4. The molecule has 28 heavy (non-hydrogen) atoms. The zero-order valence-corrected chi connectivity index (χ0v) is 17.0. The number of amidine groups is 1. The molecule has 1 aliphatic heterocycles. The maximum absolute atomic E-state index is 12.5. The largest absolute Gasteiger partial charge is 0.325 e. The zero-order chi connectivity index (χ0) is 20.5. The second-order valence-electron chi connectivity index (χ2n) is 6.24. The number of carbonyl (C=O) groups excluding carboxylic acids is 1. The number of primary sulfonamides is 1. The average molecular weight is 417 g/mol. The molecule has 0 bridgehead atoms. The number of sulfonamides is 1. The Hall–Kier alpha value is -2.62. The van der Waals surface area contributed by atoms with Crippen molar-refractivity contribution >= 4 is 49.9 Å². The highest BCUT2D eigenvalue weighted by molar-refractivity contribution is 8.14. The third kappa shape index (κ3) is 4.27. The Kier molecular flexibility index (Phi) is 5.59. The second-order valence-corrected chi connectivity index (χ2v) is 9.11. The van der Waals surface area contributed by atoms with Crippen LogP contribution in [0.5, 0.6) is 0 Å². The Bertz CT molecular complexity index is 1060. The van der Waals surface area contributed by atoms with Crippen LogP contribution in [0.1, 0.15) is 12.5 Å². The van der Waals surface area contributed by atoms with E-state index in [-0.39, 0.29) is 10.8 Å². The number of hydrogen-bond acceptors (Lipinski definition) is 6. The van der Waals surface area contributed by atoms with Gasteiger partial charge in [0.1, 0.15) is 0 Å². The summed E-state index contributed by atoms with van der Waals surface area (Å²) in [5.41, 5.74) is 3.08. The van der Waals surface area contributed by atoms with Crippen LogP contribution in [0, 0.1) is 0 Å². The summed E-state index contributed by atoms with van der Waals surface area (Å²) in [6.45, 7) is 5.88. The first kappa shape index (κ1) is 20.1. The number of aliphatic imine (C=N–C) groups is 1. The number of hydrogen-bond donors (Lipinski definition) is 2. The third-order valence-corrected chi connectivity index (χ3v) is 6.30. The summed E-state index contributed by atoms with van der Waals surface area (Å²) in [6, 6.07) is 13.4. The van der Waals surface area contributed by atoms with Gasteiger partial charge in [0.25, 0.3) is 0 Å². The van der Waals surface area contributed by atoms with Crippen LogP contribution in [0.3, 0.4) is 0 Å². The minimum absolute atomic E-state index is 0.0108. The van der Waals surface area contributed by atoms with Crippen LogP contribution >= 0.6 is 11.8 Å². The number of nitrogens with zero attached hydrogens (tertiary/aromatic N) is 2. The Labute approximate surface area is 168 Å². The standard InChI is InChI=1S/C19H20N4O3S2/c1-12-16-6-4-5-7-17(16)22-19(23(12)3)27-13(2)18(24)21-14-8-10-15(11-9-14)28(20,25)26/h4-11,13H,1H2,2-3H3,(H,21,24)(H2,20,25,26)/t13-/m1/s1. The number of amides is 1. The minimum atomic E-state index is -3.77. The predicted octanol–water partition coefficient (Wildman–Crippen LogP) is 3.00. The summed E-state index contributed by atoms with van der Waals surface area (Å²) in [5.74, 6) is -0.228. The second kappa shape index (κ2) is 7.78. The van der Waals surface area contributed by atoms with E-state index >= 15 is 0 Å². The molecule has 1 atom stereocenters. The molecule has 2 aromatic carbocycles. The number of anilines is 1. The number of thioether (sulfide) groups is 1. The van der Waals surface area contributed by atoms with E-state index < -0.39 is 15.3 Å². The van der Waals surface area contributed by atoms with Crippen molar-refractivity contribution in [2.24, 2.45) is 10.1 Å². The topological polar surface area (TPSA) is 105 Å². The van der Waals surface area contributed by atoms with Gasteiger partial charge in [-0.1, -0.05) is 36.5 Å². The molecule has 3 N–H and O–H groups in total. The normalized spacial score (nSPS) is 14.9. The first-order valence-electron chi connectivity index (χ1n) is 8.38. The van der Waals surface area contributed by atoms with Crippen LogP contribution < -0.4 is 10.5 Å². The van der Waals surface area contributed by atoms with Crippen LogP contribution in [0.4, 0.5) is 11.4 Å². The molecule has 0 spiro atoms. The van der Waals surface area contributed by atoms with Crippen molar-refractivity contribution in [3.05, 3.63) is 60.7 Å². The van der Waals surface area contributed by atoms with Gasteiger partial charge in [-0.2, -0.15) is 0 Å². The molecule has 0 fully saturated rings. The van der Waals surface area contributed by atoms with Crippen molar-refractivity contribution in [1.29, 1.82) is 0 Å². The van der Waals surface area contributed by atoms with Crippen molar-refractivity contribution in [3.8, 4) is 0 Å². The molecule has 0 saturated carbocycles. The SMILES string of the molecule is C=C1c2ccccc2N=C(S[C@H](C)C(=O)Nc2ccc(S(N)(=O)=O)cc2)N1C. The maximum Gasteiger partial charge on any atom is 0.238 e. The molecule has 2 aromatic rings. The van der Waals surface area contributed by atoms with E-state index in [0.29, 0.717) is 10.9 Å². The number of nitrogens with one attached hydrogen (secondary N) is 1. The van der Waals surface area contributed by atoms with Gasteiger partial charge in [-0.05, 0) is 37.3 Å². The van der Waals surface area contributed by atoms with E-state index in [1.54, 1.807) is 6.92 Å². The summed E-state index contributed by atoms with van der Waals surface area (Å²) in [7, 11) is -1.90. The molecule has 0 saturated heterocycles. The average Bonchev–Trinajstić information content (AvgIpc) is 2.65. The molecule has 1 aliphatic rings. The molecule has 7 nitrogen and oxygen atoms in total.